The van der Waals surface area contributed by atoms with Crippen LogP contribution in [-0.2, 0) is 15.7 Å². The molecule has 1 atom stereocenters. The van der Waals surface area contributed by atoms with Gasteiger partial charge in [-0.3, -0.25) is 4.79 Å². The van der Waals surface area contributed by atoms with Crippen LogP contribution in [0, 0.1) is 11.3 Å². The summed E-state index contributed by atoms with van der Waals surface area (Å²) in [4.78, 5) is 12.3. The molecule has 0 bridgehead atoms. The van der Waals surface area contributed by atoms with E-state index < -0.39 is 23.8 Å². The minimum atomic E-state index is -4.50. The second-order valence-corrected chi connectivity index (χ2v) is 5.47. The lowest BCUT2D eigenvalue weighted by atomic mass is 10.2. The summed E-state index contributed by atoms with van der Waals surface area (Å²) in [6, 6.07) is 5.08. The van der Waals surface area contributed by atoms with Gasteiger partial charge in [0.25, 0.3) is 5.91 Å². The van der Waals surface area contributed by atoms with E-state index in [1.165, 1.54) is 31.9 Å². The number of amides is 1. The first-order chi connectivity index (χ1) is 10.3. The van der Waals surface area contributed by atoms with Gasteiger partial charge in [-0.1, -0.05) is 0 Å². The molecule has 0 aliphatic heterocycles. The SMILES string of the molecule is COC(C)C(=O)Nc1cc(C(F)(F)F)ccc1SCCC#N. The van der Waals surface area contributed by atoms with Gasteiger partial charge in [0, 0.05) is 24.2 Å². The van der Waals surface area contributed by atoms with Crippen molar-refractivity contribution in [1.82, 2.24) is 0 Å². The number of nitrogens with one attached hydrogen (secondary N) is 1. The Kier molecular flexibility index (Phi) is 6.71. The minimum absolute atomic E-state index is 0.0617. The van der Waals surface area contributed by atoms with Crippen molar-refractivity contribution < 1.29 is 22.7 Å². The van der Waals surface area contributed by atoms with Crippen molar-refractivity contribution in [2.45, 2.75) is 30.5 Å². The number of thioether (sulfide) groups is 1. The maximum atomic E-state index is 12.8. The predicted molar refractivity (Wildman–Crippen MR) is 77.5 cm³/mol. The van der Waals surface area contributed by atoms with E-state index in [1.807, 2.05) is 6.07 Å². The number of alkyl halides is 3. The Labute approximate surface area is 130 Å². The molecule has 4 nitrogen and oxygen atoms in total. The van der Waals surface area contributed by atoms with Crippen LogP contribution in [0.5, 0.6) is 0 Å². The number of methoxy groups -OCH3 is 1. The van der Waals surface area contributed by atoms with Crippen molar-refractivity contribution >= 4 is 23.4 Å². The van der Waals surface area contributed by atoms with Gasteiger partial charge in [-0.2, -0.15) is 18.4 Å². The van der Waals surface area contributed by atoms with Crippen molar-refractivity contribution in [2.24, 2.45) is 0 Å². The van der Waals surface area contributed by atoms with Crippen molar-refractivity contribution in [3.05, 3.63) is 23.8 Å². The number of halogens is 3. The monoisotopic (exact) mass is 332 g/mol. The van der Waals surface area contributed by atoms with Gasteiger partial charge in [0.15, 0.2) is 0 Å². The summed E-state index contributed by atoms with van der Waals surface area (Å²) < 4.78 is 43.2. The van der Waals surface area contributed by atoms with Crippen LogP contribution >= 0.6 is 11.8 Å². The molecular formula is C14H15F3N2O2S. The Balaban J connectivity index is 3.06. The molecule has 1 amide bonds. The molecule has 0 fully saturated rings. The first kappa shape index (κ1) is 18.3. The van der Waals surface area contributed by atoms with Crippen LogP contribution in [0.3, 0.4) is 0 Å². The van der Waals surface area contributed by atoms with Gasteiger partial charge < -0.3 is 10.1 Å². The summed E-state index contributed by atoms with van der Waals surface area (Å²) in [5.41, 5.74) is -0.788. The van der Waals surface area contributed by atoms with E-state index >= 15 is 0 Å². The summed E-state index contributed by atoms with van der Waals surface area (Å²) in [7, 11) is 1.33. The van der Waals surface area contributed by atoms with E-state index in [-0.39, 0.29) is 12.1 Å². The molecule has 22 heavy (non-hydrogen) atoms. The largest absolute Gasteiger partial charge is 0.416 e. The molecular weight excluding hydrogens is 317 g/mol. The second kappa shape index (κ2) is 8.06. The van der Waals surface area contributed by atoms with Crippen LogP contribution in [-0.4, -0.2) is 24.9 Å². The van der Waals surface area contributed by atoms with Gasteiger partial charge in [-0.15, -0.1) is 11.8 Å². The van der Waals surface area contributed by atoms with Crippen LogP contribution < -0.4 is 5.32 Å². The van der Waals surface area contributed by atoms with E-state index in [4.69, 9.17) is 10.00 Å². The highest BCUT2D eigenvalue weighted by Crippen LogP contribution is 2.35. The van der Waals surface area contributed by atoms with E-state index in [9.17, 15) is 18.0 Å². The van der Waals surface area contributed by atoms with Crippen molar-refractivity contribution in [3.8, 4) is 6.07 Å². The Morgan fingerprint density at radius 2 is 2.18 bits per heavy atom. The molecule has 1 aromatic carbocycles. The van der Waals surface area contributed by atoms with Crippen molar-refractivity contribution in [2.75, 3.05) is 18.2 Å². The highest BCUT2D eigenvalue weighted by atomic mass is 32.2. The second-order valence-electron chi connectivity index (χ2n) is 4.33. The van der Waals surface area contributed by atoms with Crippen LogP contribution in [0.2, 0.25) is 0 Å². The average molecular weight is 332 g/mol. The number of rotatable bonds is 6. The Hall–Kier alpha value is -1.72. The lowest BCUT2D eigenvalue weighted by molar-refractivity contribution is -0.137. The fourth-order valence-electron chi connectivity index (χ4n) is 1.48. The quantitative estimate of drug-likeness (QED) is 0.637. The first-order valence-corrected chi connectivity index (χ1v) is 7.32. The number of ether oxygens (including phenoxy) is 1. The number of nitrogens with zero attached hydrogens (tertiary/aromatic N) is 1. The molecule has 1 aromatic rings. The predicted octanol–water partition coefficient (Wildman–Crippen LogP) is 3.68. The molecule has 0 saturated carbocycles. The Morgan fingerprint density at radius 3 is 2.73 bits per heavy atom. The lowest BCUT2D eigenvalue weighted by Crippen LogP contribution is -2.27. The standard InChI is InChI=1S/C14H15F3N2O2S/c1-9(21-2)13(20)19-11-8-10(14(15,16)17)4-5-12(11)22-7-3-6-18/h4-5,8-9H,3,7H2,1-2H3,(H,19,20). The fraction of sp³-hybridized carbons (Fsp3) is 0.429. The summed E-state index contributed by atoms with van der Waals surface area (Å²) in [5.74, 6) is -0.117. The highest BCUT2D eigenvalue weighted by molar-refractivity contribution is 7.99. The van der Waals surface area contributed by atoms with Gasteiger partial charge in [-0.25, -0.2) is 0 Å². The zero-order chi connectivity index (χ0) is 16.8. The van der Waals surface area contributed by atoms with Crippen LogP contribution in [0.4, 0.5) is 18.9 Å². The third-order valence-electron chi connectivity index (χ3n) is 2.76. The molecule has 0 radical (unpaired) electrons. The number of nitriles is 1. The van der Waals surface area contributed by atoms with E-state index in [0.717, 1.165) is 12.1 Å². The average Bonchev–Trinajstić information content (AvgIpc) is 2.46. The molecule has 8 heteroatoms. The minimum Gasteiger partial charge on any atom is -0.372 e. The van der Waals surface area contributed by atoms with Crippen molar-refractivity contribution in [1.29, 1.82) is 5.26 Å². The molecule has 0 saturated heterocycles. The maximum absolute atomic E-state index is 12.8. The normalized spacial score (nSPS) is 12.5. The molecule has 0 aliphatic carbocycles. The third-order valence-corrected chi connectivity index (χ3v) is 3.83. The zero-order valence-electron chi connectivity index (χ0n) is 12.0. The molecule has 0 heterocycles. The summed E-state index contributed by atoms with van der Waals surface area (Å²) in [6.45, 7) is 1.49. The number of benzene rings is 1. The molecule has 1 N–H and O–H groups in total. The van der Waals surface area contributed by atoms with Gasteiger partial charge in [0.2, 0.25) is 0 Å². The van der Waals surface area contributed by atoms with E-state index in [0.29, 0.717) is 10.6 Å². The summed E-state index contributed by atoms with van der Waals surface area (Å²) in [5, 5.41) is 10.9. The van der Waals surface area contributed by atoms with Gasteiger partial charge in [0.1, 0.15) is 6.10 Å². The molecule has 1 rings (SSSR count). The number of anilines is 1. The van der Waals surface area contributed by atoms with Crippen LogP contribution in [0.25, 0.3) is 0 Å². The molecule has 0 spiro atoms. The van der Waals surface area contributed by atoms with Crippen LogP contribution in [0.1, 0.15) is 18.9 Å². The van der Waals surface area contributed by atoms with Gasteiger partial charge >= 0.3 is 6.18 Å². The summed E-state index contributed by atoms with van der Waals surface area (Å²) >= 11 is 1.21. The molecule has 120 valence electrons. The maximum Gasteiger partial charge on any atom is 0.416 e. The van der Waals surface area contributed by atoms with Crippen LogP contribution in [0.15, 0.2) is 23.1 Å². The topological polar surface area (TPSA) is 62.1 Å². The third kappa shape index (κ3) is 5.24. The molecule has 0 aliphatic rings. The fourth-order valence-corrected chi connectivity index (χ4v) is 2.32. The lowest BCUT2D eigenvalue weighted by Gasteiger charge is -2.16. The zero-order valence-corrected chi connectivity index (χ0v) is 12.8. The molecule has 1 unspecified atom stereocenters. The highest BCUT2D eigenvalue weighted by Gasteiger charge is 2.31. The molecule has 0 aromatic heterocycles. The Bertz CT molecular complexity index is 570. The Morgan fingerprint density at radius 1 is 1.50 bits per heavy atom. The van der Waals surface area contributed by atoms with E-state index in [2.05, 4.69) is 5.32 Å². The van der Waals surface area contributed by atoms with Crippen molar-refractivity contribution in [3.63, 3.8) is 0 Å². The van der Waals surface area contributed by atoms with Gasteiger partial charge in [-0.05, 0) is 25.1 Å². The number of carbonyl (C=O) groups excluding carboxylic acids is 1. The smallest absolute Gasteiger partial charge is 0.372 e. The number of hydrogen-bond donors (Lipinski definition) is 1. The number of hydrogen-bond acceptors (Lipinski definition) is 4. The summed E-state index contributed by atoms with van der Waals surface area (Å²) in [6.07, 6.45) is -5.03. The van der Waals surface area contributed by atoms with Gasteiger partial charge in [0.05, 0.1) is 17.3 Å². The first-order valence-electron chi connectivity index (χ1n) is 6.34. The number of carbonyl (C=O) groups is 1. The van der Waals surface area contributed by atoms with E-state index in [1.54, 1.807) is 0 Å².